The van der Waals surface area contributed by atoms with Crippen molar-refractivity contribution in [3.63, 3.8) is 0 Å². The molecular weight excluding hydrogens is 499 g/mol. The van der Waals surface area contributed by atoms with Crippen LogP contribution in [0.4, 0.5) is 19.0 Å². The fraction of sp³-hybridized carbons (Fsp3) is 0.417. The van der Waals surface area contributed by atoms with Crippen molar-refractivity contribution >= 4 is 29.1 Å². The number of hydrogen-bond donors (Lipinski definition) is 1. The molecule has 4 rings (SSSR count). The average Bonchev–Trinajstić information content (AvgIpc) is 3.54. The lowest BCUT2D eigenvalue weighted by Crippen LogP contribution is -2.27. The minimum atomic E-state index is -5.25. The second-order valence-electron chi connectivity index (χ2n) is 8.46. The van der Waals surface area contributed by atoms with Gasteiger partial charge in [-0.25, -0.2) is 24.3 Å². The van der Waals surface area contributed by atoms with E-state index in [1.807, 2.05) is 10.8 Å². The van der Waals surface area contributed by atoms with E-state index < -0.39 is 24.0 Å². The van der Waals surface area contributed by atoms with E-state index in [2.05, 4.69) is 32.4 Å². The van der Waals surface area contributed by atoms with E-state index in [0.717, 1.165) is 55.0 Å². The molecule has 4 heterocycles. The molecule has 1 aliphatic heterocycles. The standard InChI is InChI=1S/C24H24F3N3O5S/c25-24(26,27)23(32)35-34-21(31)12-17(16-8-10-36-14-16)11-20-13-19(30-33-20)5-1-4-18-7-6-15-3-2-9-28-22(15)29-18/h6-8,10,13-14,17H,1-5,9,11-12H2,(H,28,29). The second kappa shape index (κ2) is 11.5. The Hall–Kier alpha value is -3.41. The normalized spacial score (nSPS) is 14.0. The molecule has 192 valence electrons. The largest absolute Gasteiger partial charge is 0.495 e. The molecule has 3 aromatic rings. The first-order valence-corrected chi connectivity index (χ1v) is 12.4. The predicted octanol–water partition coefficient (Wildman–Crippen LogP) is 4.94. The first kappa shape index (κ1) is 25.7. The van der Waals surface area contributed by atoms with Gasteiger partial charge in [-0.2, -0.15) is 24.5 Å². The van der Waals surface area contributed by atoms with Crippen LogP contribution in [0.1, 0.15) is 53.5 Å². The Morgan fingerprint density at radius 1 is 1.17 bits per heavy atom. The molecule has 36 heavy (non-hydrogen) atoms. The van der Waals surface area contributed by atoms with Gasteiger partial charge in [0.15, 0.2) is 0 Å². The molecule has 12 heteroatoms. The number of hydrogen-bond acceptors (Lipinski definition) is 9. The van der Waals surface area contributed by atoms with Gasteiger partial charge in [-0.1, -0.05) is 11.2 Å². The minimum absolute atomic E-state index is 0.268. The second-order valence-corrected chi connectivity index (χ2v) is 9.24. The van der Waals surface area contributed by atoms with Gasteiger partial charge in [0.05, 0.1) is 12.1 Å². The Labute approximate surface area is 208 Å². The lowest BCUT2D eigenvalue weighted by atomic mass is 9.93. The highest BCUT2D eigenvalue weighted by atomic mass is 32.1. The van der Waals surface area contributed by atoms with E-state index in [-0.39, 0.29) is 12.8 Å². The number of aromatic nitrogens is 2. The van der Waals surface area contributed by atoms with E-state index in [9.17, 15) is 22.8 Å². The zero-order valence-corrected chi connectivity index (χ0v) is 20.0. The van der Waals surface area contributed by atoms with Gasteiger partial charge in [0.25, 0.3) is 0 Å². The Morgan fingerprint density at radius 3 is 2.78 bits per heavy atom. The summed E-state index contributed by atoms with van der Waals surface area (Å²) in [4.78, 5) is 35.1. The van der Waals surface area contributed by atoms with Crippen molar-refractivity contribution in [3.8, 4) is 0 Å². The summed E-state index contributed by atoms with van der Waals surface area (Å²) in [5.74, 6) is -2.66. The quantitative estimate of drug-likeness (QED) is 0.311. The molecule has 8 nitrogen and oxygen atoms in total. The fourth-order valence-electron chi connectivity index (χ4n) is 3.95. The number of carbonyl (C=O) groups is 2. The smallest absolute Gasteiger partial charge is 0.370 e. The topological polar surface area (TPSA) is 104 Å². The van der Waals surface area contributed by atoms with Crippen LogP contribution in [0.5, 0.6) is 0 Å². The molecule has 3 aromatic heterocycles. The van der Waals surface area contributed by atoms with Crippen LogP contribution in [0.25, 0.3) is 0 Å². The third kappa shape index (κ3) is 7.06. The summed E-state index contributed by atoms with van der Waals surface area (Å²) in [7, 11) is 0. The number of alkyl halides is 3. The van der Waals surface area contributed by atoms with Crippen molar-refractivity contribution in [1.29, 1.82) is 0 Å². The zero-order valence-electron chi connectivity index (χ0n) is 19.2. The molecule has 0 amide bonds. The van der Waals surface area contributed by atoms with Gasteiger partial charge < -0.3 is 9.84 Å². The minimum Gasteiger partial charge on any atom is -0.370 e. The lowest BCUT2D eigenvalue weighted by molar-refractivity contribution is -0.286. The van der Waals surface area contributed by atoms with Crippen LogP contribution in [0.15, 0.2) is 39.5 Å². The molecule has 1 unspecified atom stereocenters. The molecular formula is C24H24F3N3O5S. The maximum atomic E-state index is 12.2. The first-order valence-electron chi connectivity index (χ1n) is 11.5. The van der Waals surface area contributed by atoms with Crippen molar-refractivity contribution < 1.29 is 37.1 Å². The first-order chi connectivity index (χ1) is 17.3. The van der Waals surface area contributed by atoms with Crippen LogP contribution in [0.2, 0.25) is 0 Å². The predicted molar refractivity (Wildman–Crippen MR) is 123 cm³/mol. The van der Waals surface area contributed by atoms with Gasteiger partial charge in [-0.05, 0) is 66.1 Å². The summed E-state index contributed by atoms with van der Waals surface area (Å²) in [5, 5.41) is 11.1. The number of anilines is 1. The van der Waals surface area contributed by atoms with Crippen LogP contribution in [-0.2, 0) is 45.0 Å². The van der Waals surface area contributed by atoms with Gasteiger partial charge in [0, 0.05) is 30.6 Å². The van der Waals surface area contributed by atoms with Gasteiger partial charge in [-0.15, -0.1) is 0 Å². The molecule has 0 radical (unpaired) electrons. The molecule has 0 aromatic carbocycles. The van der Waals surface area contributed by atoms with Gasteiger partial charge in [0.1, 0.15) is 11.6 Å². The Morgan fingerprint density at radius 2 is 2.00 bits per heavy atom. The highest BCUT2D eigenvalue weighted by molar-refractivity contribution is 7.08. The lowest BCUT2D eigenvalue weighted by Gasteiger charge is -2.17. The summed E-state index contributed by atoms with van der Waals surface area (Å²) in [6.45, 7) is 0.938. The number of halogens is 3. The number of aryl methyl sites for hydroxylation is 3. The summed E-state index contributed by atoms with van der Waals surface area (Å²) in [6.07, 6.45) is -0.854. The molecule has 0 bridgehead atoms. The van der Waals surface area contributed by atoms with Gasteiger partial charge in [0.2, 0.25) is 0 Å². The van der Waals surface area contributed by atoms with Gasteiger partial charge in [-0.3, -0.25) is 0 Å². The third-order valence-corrected chi connectivity index (χ3v) is 6.44. The zero-order chi connectivity index (χ0) is 25.5. The van der Waals surface area contributed by atoms with E-state index in [1.165, 1.54) is 16.9 Å². The molecule has 0 saturated carbocycles. The summed E-state index contributed by atoms with van der Waals surface area (Å²) < 4.78 is 42.1. The molecule has 1 atom stereocenters. The fourth-order valence-corrected chi connectivity index (χ4v) is 4.70. The SMILES string of the molecule is O=C(CC(Cc1cc(CCCc2ccc3c(n2)NCCC3)no1)c1ccsc1)OOC(=O)C(F)(F)F. The highest BCUT2D eigenvalue weighted by Gasteiger charge is 2.43. The Kier molecular flexibility index (Phi) is 8.24. The van der Waals surface area contributed by atoms with Crippen molar-refractivity contribution in [3.05, 3.63) is 63.3 Å². The number of fused-ring (bicyclic) bond motifs is 1. The third-order valence-electron chi connectivity index (χ3n) is 5.74. The van der Waals surface area contributed by atoms with Crippen molar-refractivity contribution in [1.82, 2.24) is 10.1 Å². The molecule has 1 N–H and O–H groups in total. The highest BCUT2D eigenvalue weighted by Crippen LogP contribution is 2.28. The van der Waals surface area contributed by atoms with Crippen LogP contribution >= 0.6 is 11.3 Å². The molecule has 0 fully saturated rings. The monoisotopic (exact) mass is 523 g/mol. The number of carbonyl (C=O) groups excluding carboxylic acids is 2. The van der Waals surface area contributed by atoms with Crippen LogP contribution in [-0.4, -0.2) is 34.8 Å². The molecule has 0 spiro atoms. The van der Waals surface area contributed by atoms with E-state index in [0.29, 0.717) is 12.2 Å². The number of rotatable bonds is 9. The summed E-state index contributed by atoms with van der Waals surface area (Å²) in [5.41, 5.74) is 3.79. The average molecular weight is 524 g/mol. The van der Waals surface area contributed by atoms with Crippen LogP contribution in [0, 0.1) is 0 Å². The summed E-state index contributed by atoms with van der Waals surface area (Å²) in [6, 6.07) is 7.77. The van der Waals surface area contributed by atoms with Crippen molar-refractivity contribution in [2.45, 2.75) is 57.0 Å². The maximum Gasteiger partial charge on any atom is 0.495 e. The van der Waals surface area contributed by atoms with E-state index in [1.54, 1.807) is 12.1 Å². The number of nitrogens with one attached hydrogen (secondary N) is 1. The van der Waals surface area contributed by atoms with Crippen LogP contribution < -0.4 is 5.32 Å². The molecule has 1 aliphatic rings. The van der Waals surface area contributed by atoms with E-state index >= 15 is 0 Å². The molecule has 0 aliphatic carbocycles. The van der Waals surface area contributed by atoms with Crippen molar-refractivity contribution in [2.24, 2.45) is 0 Å². The van der Waals surface area contributed by atoms with Crippen LogP contribution in [0.3, 0.4) is 0 Å². The summed E-state index contributed by atoms with van der Waals surface area (Å²) >= 11 is 1.41. The number of thiophene rings is 1. The van der Waals surface area contributed by atoms with E-state index in [4.69, 9.17) is 9.51 Å². The number of nitrogens with zero attached hydrogens (tertiary/aromatic N) is 2. The van der Waals surface area contributed by atoms with Crippen molar-refractivity contribution in [2.75, 3.05) is 11.9 Å². The number of pyridine rings is 1. The maximum absolute atomic E-state index is 12.2. The Balaban J connectivity index is 1.29. The van der Waals surface area contributed by atoms with Gasteiger partial charge >= 0.3 is 18.1 Å². The molecule has 0 saturated heterocycles. The Bertz CT molecular complexity index is 1180.